The highest BCUT2D eigenvalue weighted by molar-refractivity contribution is 5.08. The Bertz CT molecular complexity index is 527. The van der Waals surface area contributed by atoms with Crippen molar-refractivity contribution in [2.45, 2.75) is 38.8 Å². The SMILES string of the molecule is CCc1ccc(CNCC(c2ccco2)N2CCCC2)o1. The molecule has 0 amide bonds. The molecule has 0 aliphatic carbocycles. The number of likely N-dealkylation sites (tertiary alicyclic amines) is 1. The fraction of sp³-hybridized carbons (Fsp3) is 0.529. The van der Waals surface area contributed by atoms with Crippen LogP contribution in [-0.4, -0.2) is 24.5 Å². The molecule has 1 atom stereocenters. The second-order valence-electron chi connectivity index (χ2n) is 5.63. The lowest BCUT2D eigenvalue weighted by molar-refractivity contribution is 0.208. The van der Waals surface area contributed by atoms with Gasteiger partial charge in [-0.2, -0.15) is 0 Å². The first-order valence-corrected chi connectivity index (χ1v) is 7.92. The second-order valence-corrected chi connectivity index (χ2v) is 5.63. The van der Waals surface area contributed by atoms with Crippen LogP contribution in [0.15, 0.2) is 39.4 Å². The number of hydrogen-bond acceptors (Lipinski definition) is 4. The van der Waals surface area contributed by atoms with Gasteiger partial charge in [0.05, 0.1) is 18.8 Å². The smallest absolute Gasteiger partial charge is 0.122 e. The molecule has 2 aromatic heterocycles. The Morgan fingerprint density at radius 3 is 2.67 bits per heavy atom. The van der Waals surface area contributed by atoms with Crippen LogP contribution < -0.4 is 5.32 Å². The minimum absolute atomic E-state index is 0.322. The topological polar surface area (TPSA) is 41.6 Å². The summed E-state index contributed by atoms with van der Waals surface area (Å²) in [5, 5.41) is 3.51. The Balaban J connectivity index is 1.57. The molecule has 3 rings (SSSR count). The van der Waals surface area contributed by atoms with Crippen LogP contribution in [0.1, 0.15) is 43.1 Å². The van der Waals surface area contributed by atoms with Crippen LogP contribution in [0.2, 0.25) is 0 Å². The van der Waals surface area contributed by atoms with Crippen molar-refractivity contribution in [1.82, 2.24) is 10.2 Å². The van der Waals surface area contributed by atoms with Crippen molar-refractivity contribution in [3.8, 4) is 0 Å². The van der Waals surface area contributed by atoms with Crippen LogP contribution in [0.4, 0.5) is 0 Å². The van der Waals surface area contributed by atoms with E-state index in [1.165, 1.54) is 12.8 Å². The third-order valence-corrected chi connectivity index (χ3v) is 4.16. The predicted octanol–water partition coefficient (Wildman–Crippen LogP) is 3.36. The van der Waals surface area contributed by atoms with Crippen molar-refractivity contribution in [2.24, 2.45) is 0 Å². The molecule has 114 valence electrons. The summed E-state index contributed by atoms with van der Waals surface area (Å²) in [6, 6.07) is 8.49. The zero-order valence-electron chi connectivity index (χ0n) is 12.7. The van der Waals surface area contributed by atoms with Gasteiger partial charge in [0.15, 0.2) is 0 Å². The van der Waals surface area contributed by atoms with Gasteiger partial charge >= 0.3 is 0 Å². The molecule has 2 aromatic rings. The normalized spacial score (nSPS) is 17.4. The number of hydrogen-bond donors (Lipinski definition) is 1. The van der Waals surface area contributed by atoms with Crippen molar-refractivity contribution >= 4 is 0 Å². The minimum atomic E-state index is 0.322. The zero-order valence-corrected chi connectivity index (χ0v) is 12.7. The summed E-state index contributed by atoms with van der Waals surface area (Å²) in [5.74, 6) is 3.11. The summed E-state index contributed by atoms with van der Waals surface area (Å²) in [4.78, 5) is 2.51. The summed E-state index contributed by atoms with van der Waals surface area (Å²) in [7, 11) is 0. The van der Waals surface area contributed by atoms with E-state index in [0.29, 0.717) is 6.04 Å². The third-order valence-electron chi connectivity index (χ3n) is 4.16. The van der Waals surface area contributed by atoms with E-state index in [1.807, 2.05) is 6.07 Å². The first-order chi connectivity index (χ1) is 10.4. The van der Waals surface area contributed by atoms with E-state index < -0.39 is 0 Å². The summed E-state index contributed by atoms with van der Waals surface area (Å²) in [6.07, 6.45) is 5.28. The lowest BCUT2D eigenvalue weighted by Crippen LogP contribution is -2.33. The van der Waals surface area contributed by atoms with Crippen molar-refractivity contribution in [1.29, 1.82) is 0 Å². The van der Waals surface area contributed by atoms with Crippen LogP contribution >= 0.6 is 0 Å². The Morgan fingerprint density at radius 2 is 2.00 bits per heavy atom. The average Bonchev–Trinajstić information content (AvgIpc) is 3.24. The number of nitrogens with one attached hydrogen (secondary N) is 1. The predicted molar refractivity (Wildman–Crippen MR) is 82.0 cm³/mol. The highest BCUT2D eigenvalue weighted by Gasteiger charge is 2.25. The van der Waals surface area contributed by atoms with Crippen LogP contribution in [0, 0.1) is 0 Å². The fourth-order valence-corrected chi connectivity index (χ4v) is 2.98. The van der Waals surface area contributed by atoms with Crippen molar-refractivity contribution in [3.63, 3.8) is 0 Å². The van der Waals surface area contributed by atoms with Gasteiger partial charge < -0.3 is 14.2 Å². The van der Waals surface area contributed by atoms with Gasteiger partial charge in [-0.15, -0.1) is 0 Å². The highest BCUT2D eigenvalue weighted by Crippen LogP contribution is 2.25. The molecule has 0 aromatic carbocycles. The van der Waals surface area contributed by atoms with E-state index in [2.05, 4.69) is 35.3 Å². The average molecular weight is 288 g/mol. The summed E-state index contributed by atoms with van der Waals surface area (Å²) in [5.41, 5.74) is 0. The number of furan rings is 2. The molecule has 4 heteroatoms. The van der Waals surface area contributed by atoms with Crippen LogP contribution in [0.25, 0.3) is 0 Å². The fourth-order valence-electron chi connectivity index (χ4n) is 2.98. The molecule has 3 heterocycles. The van der Waals surface area contributed by atoms with Crippen molar-refractivity contribution in [2.75, 3.05) is 19.6 Å². The highest BCUT2D eigenvalue weighted by atomic mass is 16.3. The Kier molecular flexibility index (Phi) is 4.78. The Hall–Kier alpha value is -1.52. The molecule has 1 unspecified atom stereocenters. The van der Waals surface area contributed by atoms with Gasteiger partial charge in [-0.3, -0.25) is 4.90 Å². The maximum atomic E-state index is 5.73. The Morgan fingerprint density at radius 1 is 1.19 bits per heavy atom. The third kappa shape index (κ3) is 3.57. The quantitative estimate of drug-likeness (QED) is 0.848. The largest absolute Gasteiger partial charge is 0.468 e. The van der Waals surface area contributed by atoms with E-state index >= 15 is 0 Å². The first-order valence-electron chi connectivity index (χ1n) is 7.92. The van der Waals surface area contributed by atoms with Crippen LogP contribution in [-0.2, 0) is 13.0 Å². The van der Waals surface area contributed by atoms with Gasteiger partial charge in [0.2, 0.25) is 0 Å². The molecule has 1 fully saturated rings. The van der Waals surface area contributed by atoms with E-state index in [4.69, 9.17) is 8.83 Å². The minimum Gasteiger partial charge on any atom is -0.468 e. The monoisotopic (exact) mass is 288 g/mol. The van der Waals surface area contributed by atoms with E-state index in [1.54, 1.807) is 6.26 Å². The van der Waals surface area contributed by atoms with Crippen LogP contribution in [0.5, 0.6) is 0 Å². The maximum Gasteiger partial charge on any atom is 0.122 e. The summed E-state index contributed by atoms with van der Waals surface area (Å²) < 4.78 is 11.4. The van der Waals surface area contributed by atoms with E-state index in [-0.39, 0.29) is 0 Å². The molecule has 4 nitrogen and oxygen atoms in total. The Labute approximate surface area is 126 Å². The van der Waals surface area contributed by atoms with E-state index in [0.717, 1.165) is 49.9 Å². The molecule has 1 aliphatic heterocycles. The molecular weight excluding hydrogens is 264 g/mol. The lowest BCUT2D eigenvalue weighted by Gasteiger charge is -2.25. The van der Waals surface area contributed by atoms with Gasteiger partial charge in [-0.1, -0.05) is 6.92 Å². The van der Waals surface area contributed by atoms with Crippen LogP contribution in [0.3, 0.4) is 0 Å². The van der Waals surface area contributed by atoms with Gasteiger partial charge in [0.1, 0.15) is 17.3 Å². The molecule has 1 aliphatic rings. The molecule has 1 N–H and O–H groups in total. The first kappa shape index (κ1) is 14.4. The van der Waals surface area contributed by atoms with Gasteiger partial charge in [-0.25, -0.2) is 0 Å². The van der Waals surface area contributed by atoms with Gasteiger partial charge in [-0.05, 0) is 50.2 Å². The van der Waals surface area contributed by atoms with Gasteiger partial charge in [0, 0.05) is 13.0 Å². The molecule has 21 heavy (non-hydrogen) atoms. The van der Waals surface area contributed by atoms with Crippen molar-refractivity contribution in [3.05, 3.63) is 47.8 Å². The molecule has 0 bridgehead atoms. The zero-order chi connectivity index (χ0) is 14.5. The maximum absolute atomic E-state index is 5.73. The molecule has 0 saturated carbocycles. The van der Waals surface area contributed by atoms with Gasteiger partial charge in [0.25, 0.3) is 0 Å². The molecule has 1 saturated heterocycles. The summed E-state index contributed by atoms with van der Waals surface area (Å²) >= 11 is 0. The van der Waals surface area contributed by atoms with E-state index in [9.17, 15) is 0 Å². The summed E-state index contributed by atoms with van der Waals surface area (Å²) in [6.45, 7) is 6.08. The molecular formula is C17H24N2O2. The second kappa shape index (κ2) is 6.96. The lowest BCUT2D eigenvalue weighted by atomic mass is 10.2. The number of aryl methyl sites for hydroxylation is 1. The molecule has 0 radical (unpaired) electrons. The van der Waals surface area contributed by atoms with Crippen molar-refractivity contribution < 1.29 is 8.83 Å². The molecule has 0 spiro atoms. The standard InChI is InChI=1S/C17H24N2O2/c1-2-14-7-8-15(21-14)12-18-13-16(17-6-5-11-20-17)19-9-3-4-10-19/h5-8,11,16,18H,2-4,9-10,12-13H2,1H3. The number of rotatable bonds is 7. The number of nitrogens with zero attached hydrogens (tertiary/aromatic N) is 1.